The molecule has 0 fully saturated rings. The van der Waals surface area contributed by atoms with E-state index in [1.807, 2.05) is 18.2 Å². The molecule has 2 heterocycles. The summed E-state index contributed by atoms with van der Waals surface area (Å²) in [5.74, 6) is 0.694. The van der Waals surface area contributed by atoms with Crippen molar-refractivity contribution in [1.29, 1.82) is 0 Å². The van der Waals surface area contributed by atoms with E-state index in [1.54, 1.807) is 6.07 Å². The van der Waals surface area contributed by atoms with Gasteiger partial charge in [-0.2, -0.15) is 0 Å². The molecule has 86 valence electrons. The fraction of sp³-hybridized carbons (Fsp3) is 0.0833. The lowest BCUT2D eigenvalue weighted by Crippen LogP contribution is -1.96. The van der Waals surface area contributed by atoms with Crippen molar-refractivity contribution in [2.45, 2.75) is 6.54 Å². The Balaban J connectivity index is 2.24. The van der Waals surface area contributed by atoms with Gasteiger partial charge in [0, 0.05) is 6.54 Å². The SMILES string of the molecule is NCc1cccc2[nH]c(-c3ccoc3Cl)nc12. The number of nitrogens with one attached hydrogen (secondary N) is 1. The summed E-state index contributed by atoms with van der Waals surface area (Å²) >= 11 is 5.92. The summed E-state index contributed by atoms with van der Waals surface area (Å²) in [6.07, 6.45) is 1.54. The number of hydrogen-bond donors (Lipinski definition) is 2. The van der Waals surface area contributed by atoms with E-state index < -0.39 is 0 Å². The molecule has 3 N–H and O–H groups in total. The smallest absolute Gasteiger partial charge is 0.203 e. The second-order valence-corrected chi connectivity index (χ2v) is 4.05. The van der Waals surface area contributed by atoms with Gasteiger partial charge in [0.1, 0.15) is 5.82 Å². The van der Waals surface area contributed by atoms with Crippen LogP contribution in [0, 0.1) is 0 Å². The monoisotopic (exact) mass is 247 g/mol. The third-order valence-corrected chi connectivity index (χ3v) is 2.98. The molecule has 0 aliphatic rings. The Morgan fingerprint density at radius 3 is 2.94 bits per heavy atom. The number of aromatic amines is 1. The highest BCUT2D eigenvalue weighted by Gasteiger charge is 2.12. The van der Waals surface area contributed by atoms with Gasteiger partial charge in [-0.1, -0.05) is 12.1 Å². The third kappa shape index (κ3) is 1.62. The van der Waals surface area contributed by atoms with E-state index in [-0.39, 0.29) is 0 Å². The van der Waals surface area contributed by atoms with Crippen molar-refractivity contribution in [2.24, 2.45) is 5.73 Å². The normalized spacial score (nSPS) is 11.2. The van der Waals surface area contributed by atoms with Crippen LogP contribution in [0.4, 0.5) is 0 Å². The Kier molecular flexibility index (Phi) is 2.39. The van der Waals surface area contributed by atoms with Crippen molar-refractivity contribution in [1.82, 2.24) is 9.97 Å². The van der Waals surface area contributed by atoms with Gasteiger partial charge in [0.05, 0.1) is 22.9 Å². The van der Waals surface area contributed by atoms with E-state index in [2.05, 4.69) is 9.97 Å². The van der Waals surface area contributed by atoms with Crippen molar-refractivity contribution in [3.8, 4) is 11.4 Å². The molecule has 0 saturated heterocycles. The minimum Gasteiger partial charge on any atom is -0.452 e. The number of hydrogen-bond acceptors (Lipinski definition) is 3. The Labute approximate surface area is 102 Å². The highest BCUT2D eigenvalue weighted by Crippen LogP contribution is 2.29. The standard InChI is InChI=1S/C12H10ClN3O/c13-11-8(4-5-17-11)12-15-9-3-1-2-7(6-14)10(9)16-12/h1-5H,6,14H2,(H,15,16). The second kappa shape index (κ2) is 3.91. The fourth-order valence-corrected chi connectivity index (χ4v) is 2.05. The molecule has 0 bridgehead atoms. The number of H-pyrrole nitrogens is 1. The van der Waals surface area contributed by atoms with E-state index in [0.29, 0.717) is 17.6 Å². The number of furan rings is 1. The van der Waals surface area contributed by atoms with Crippen molar-refractivity contribution in [3.63, 3.8) is 0 Å². The average molecular weight is 248 g/mol. The highest BCUT2D eigenvalue weighted by atomic mass is 35.5. The Morgan fingerprint density at radius 1 is 1.35 bits per heavy atom. The molecular weight excluding hydrogens is 238 g/mol. The van der Waals surface area contributed by atoms with Crippen molar-refractivity contribution >= 4 is 22.6 Å². The van der Waals surface area contributed by atoms with Crippen LogP contribution in [0.3, 0.4) is 0 Å². The molecule has 0 unspecified atom stereocenters. The molecular formula is C12H10ClN3O. The van der Waals surface area contributed by atoms with Crippen LogP contribution in [0.2, 0.25) is 5.22 Å². The third-order valence-electron chi connectivity index (χ3n) is 2.69. The lowest BCUT2D eigenvalue weighted by molar-refractivity contribution is 0.570. The minimum atomic E-state index is 0.332. The molecule has 3 aromatic rings. The summed E-state index contributed by atoms with van der Waals surface area (Å²) in [6, 6.07) is 7.65. The fourth-order valence-electron chi connectivity index (χ4n) is 1.85. The summed E-state index contributed by atoms with van der Waals surface area (Å²) in [5, 5.41) is 0.332. The number of para-hydroxylation sites is 1. The van der Waals surface area contributed by atoms with E-state index >= 15 is 0 Å². The van der Waals surface area contributed by atoms with Gasteiger partial charge in [-0.05, 0) is 29.3 Å². The lowest BCUT2D eigenvalue weighted by Gasteiger charge is -1.95. The summed E-state index contributed by atoms with van der Waals surface area (Å²) in [6.45, 7) is 0.459. The highest BCUT2D eigenvalue weighted by molar-refractivity contribution is 6.31. The van der Waals surface area contributed by atoms with Gasteiger partial charge < -0.3 is 15.1 Å². The quantitative estimate of drug-likeness (QED) is 0.732. The maximum absolute atomic E-state index is 5.92. The second-order valence-electron chi connectivity index (χ2n) is 3.71. The predicted octanol–water partition coefficient (Wildman–Crippen LogP) is 2.94. The zero-order valence-electron chi connectivity index (χ0n) is 8.90. The number of nitrogens with two attached hydrogens (primary N) is 1. The van der Waals surface area contributed by atoms with Crippen molar-refractivity contribution in [2.75, 3.05) is 0 Å². The van der Waals surface area contributed by atoms with Gasteiger partial charge in [0.15, 0.2) is 0 Å². The van der Waals surface area contributed by atoms with Gasteiger partial charge >= 0.3 is 0 Å². The van der Waals surface area contributed by atoms with Crippen LogP contribution in [0.5, 0.6) is 0 Å². The van der Waals surface area contributed by atoms with Crippen LogP contribution in [-0.2, 0) is 6.54 Å². The van der Waals surface area contributed by atoms with Gasteiger partial charge in [-0.3, -0.25) is 0 Å². The average Bonchev–Trinajstić information content (AvgIpc) is 2.93. The van der Waals surface area contributed by atoms with E-state index in [0.717, 1.165) is 22.2 Å². The first-order valence-electron chi connectivity index (χ1n) is 5.20. The molecule has 1 aromatic carbocycles. The summed E-state index contributed by atoms with van der Waals surface area (Å²) in [4.78, 5) is 7.71. The van der Waals surface area contributed by atoms with Gasteiger partial charge in [0.2, 0.25) is 5.22 Å². The Morgan fingerprint density at radius 2 is 2.24 bits per heavy atom. The van der Waals surface area contributed by atoms with Crippen LogP contribution >= 0.6 is 11.6 Å². The molecule has 17 heavy (non-hydrogen) atoms. The van der Waals surface area contributed by atoms with Crippen LogP contribution < -0.4 is 5.73 Å². The number of nitrogens with zero attached hydrogens (tertiary/aromatic N) is 1. The topological polar surface area (TPSA) is 67.8 Å². The van der Waals surface area contributed by atoms with Crippen LogP contribution in [0.1, 0.15) is 5.56 Å². The zero-order chi connectivity index (χ0) is 11.8. The first kappa shape index (κ1) is 10.4. The summed E-state index contributed by atoms with van der Waals surface area (Å²) in [5.41, 5.74) is 9.26. The Hall–Kier alpha value is -1.78. The van der Waals surface area contributed by atoms with E-state index in [4.69, 9.17) is 21.8 Å². The number of rotatable bonds is 2. The molecule has 2 aromatic heterocycles. The maximum atomic E-state index is 5.92. The summed E-state index contributed by atoms with van der Waals surface area (Å²) in [7, 11) is 0. The van der Waals surface area contributed by atoms with Gasteiger partial charge in [-0.25, -0.2) is 4.98 Å². The van der Waals surface area contributed by atoms with Crippen LogP contribution in [0.25, 0.3) is 22.4 Å². The molecule has 5 heteroatoms. The largest absolute Gasteiger partial charge is 0.452 e. The first-order chi connectivity index (χ1) is 8.29. The number of aromatic nitrogens is 2. The van der Waals surface area contributed by atoms with Crippen molar-refractivity contribution < 1.29 is 4.42 Å². The summed E-state index contributed by atoms with van der Waals surface area (Å²) < 4.78 is 5.05. The molecule has 3 rings (SSSR count). The molecule has 0 saturated carbocycles. The molecule has 0 atom stereocenters. The van der Waals surface area contributed by atoms with E-state index in [9.17, 15) is 0 Å². The first-order valence-corrected chi connectivity index (χ1v) is 5.58. The van der Waals surface area contributed by atoms with Crippen molar-refractivity contribution in [3.05, 3.63) is 41.3 Å². The predicted molar refractivity (Wildman–Crippen MR) is 66.7 cm³/mol. The van der Waals surface area contributed by atoms with Crippen LogP contribution in [-0.4, -0.2) is 9.97 Å². The zero-order valence-corrected chi connectivity index (χ0v) is 9.66. The van der Waals surface area contributed by atoms with Gasteiger partial charge in [0.25, 0.3) is 0 Å². The molecule has 0 spiro atoms. The molecule has 0 aliphatic carbocycles. The van der Waals surface area contributed by atoms with Crippen LogP contribution in [0.15, 0.2) is 34.9 Å². The molecule has 0 amide bonds. The number of benzene rings is 1. The number of halogens is 1. The lowest BCUT2D eigenvalue weighted by atomic mass is 10.2. The molecule has 4 nitrogen and oxygen atoms in total. The van der Waals surface area contributed by atoms with E-state index in [1.165, 1.54) is 6.26 Å². The number of imidazole rings is 1. The van der Waals surface area contributed by atoms with Gasteiger partial charge in [-0.15, -0.1) is 0 Å². The number of fused-ring (bicyclic) bond motifs is 1. The Bertz CT molecular complexity index is 671. The maximum Gasteiger partial charge on any atom is 0.203 e. The minimum absolute atomic E-state index is 0.332. The molecule has 0 aliphatic heterocycles. The molecule has 0 radical (unpaired) electrons.